The largest absolute Gasteiger partial charge is 0.537 e. The van der Waals surface area contributed by atoms with Gasteiger partial charge in [-0.25, -0.2) is 0 Å². The predicted molar refractivity (Wildman–Crippen MR) is 78.7 cm³/mol. The molecule has 3 aliphatic heterocycles. The molecule has 0 unspecified atom stereocenters. The molecule has 0 radical (unpaired) electrons. The zero-order valence-corrected chi connectivity index (χ0v) is 12.7. The Bertz CT molecular complexity index is 494. The zero-order chi connectivity index (χ0) is 13.8. The second-order valence-electron chi connectivity index (χ2n) is 4.90. The van der Waals surface area contributed by atoms with E-state index in [9.17, 15) is 0 Å². The topological polar surface area (TPSA) is 30.9 Å². The van der Waals surface area contributed by atoms with E-state index >= 15 is 0 Å². The van der Waals surface area contributed by atoms with Crippen molar-refractivity contribution < 1.29 is 13.3 Å². The van der Waals surface area contributed by atoms with Crippen molar-refractivity contribution in [2.24, 2.45) is 0 Å². The Morgan fingerprint density at radius 2 is 1.50 bits per heavy atom. The lowest BCUT2D eigenvalue weighted by Gasteiger charge is -2.38. The molecule has 20 heavy (non-hydrogen) atoms. The summed E-state index contributed by atoms with van der Waals surface area (Å²) in [6.07, 6.45) is 0. The third-order valence-corrected chi connectivity index (χ3v) is 6.40. The van der Waals surface area contributed by atoms with Gasteiger partial charge in [-0.2, -0.15) is 0 Å². The number of fused-ring (bicyclic) bond motifs is 6. The van der Waals surface area contributed by atoms with Crippen LogP contribution in [-0.2, 0) is 13.3 Å². The Kier molecular flexibility index (Phi) is 4.20. The highest BCUT2D eigenvalue weighted by Gasteiger charge is 2.46. The maximum absolute atomic E-state index is 6.04. The molecular weight excluding hydrogens is 270 g/mol. The van der Waals surface area contributed by atoms with Gasteiger partial charge in [0.15, 0.2) is 0 Å². The van der Waals surface area contributed by atoms with Gasteiger partial charge in [0, 0.05) is 30.4 Å². The molecule has 0 atom stereocenters. The molecule has 1 aromatic rings. The SMILES string of the molecule is CC#Cc1ccc([Si]23OCCN(CCO2)CCO3)cc1. The highest BCUT2D eigenvalue weighted by Crippen LogP contribution is 2.16. The average molecular weight is 289 g/mol. The monoisotopic (exact) mass is 289 g/mol. The van der Waals surface area contributed by atoms with Crippen LogP contribution in [0.25, 0.3) is 0 Å². The molecule has 3 fully saturated rings. The van der Waals surface area contributed by atoms with Crippen LogP contribution in [0.2, 0.25) is 0 Å². The van der Waals surface area contributed by atoms with Crippen LogP contribution in [0.4, 0.5) is 0 Å². The molecule has 0 saturated carbocycles. The van der Waals surface area contributed by atoms with Crippen molar-refractivity contribution in [2.45, 2.75) is 6.92 Å². The van der Waals surface area contributed by atoms with Gasteiger partial charge in [-0.15, -0.1) is 5.92 Å². The first kappa shape index (κ1) is 13.8. The summed E-state index contributed by atoms with van der Waals surface area (Å²) in [6.45, 7) is 6.73. The first-order chi connectivity index (χ1) is 9.82. The summed E-state index contributed by atoms with van der Waals surface area (Å²) in [5, 5.41) is 1.04. The van der Waals surface area contributed by atoms with Gasteiger partial charge in [0.05, 0.1) is 19.8 Å². The molecule has 0 aliphatic carbocycles. The van der Waals surface area contributed by atoms with Crippen molar-refractivity contribution in [1.29, 1.82) is 0 Å². The van der Waals surface area contributed by atoms with Crippen LogP contribution in [0.1, 0.15) is 12.5 Å². The van der Waals surface area contributed by atoms with Crippen molar-refractivity contribution in [2.75, 3.05) is 39.5 Å². The maximum Gasteiger partial charge on any atom is 0.537 e. The molecule has 106 valence electrons. The lowest BCUT2D eigenvalue weighted by Crippen LogP contribution is -2.62. The van der Waals surface area contributed by atoms with Crippen LogP contribution in [0, 0.1) is 11.8 Å². The van der Waals surface area contributed by atoms with Crippen LogP contribution in [0.15, 0.2) is 24.3 Å². The average Bonchev–Trinajstić information content (AvgIpc) is 2.39. The van der Waals surface area contributed by atoms with Gasteiger partial charge < -0.3 is 13.3 Å². The van der Waals surface area contributed by atoms with Gasteiger partial charge in [-0.1, -0.05) is 18.1 Å². The summed E-state index contributed by atoms with van der Waals surface area (Å²) in [4.78, 5) is 2.32. The van der Waals surface area contributed by atoms with E-state index < -0.39 is 8.80 Å². The van der Waals surface area contributed by atoms with Crippen LogP contribution in [0.5, 0.6) is 0 Å². The second-order valence-corrected chi connectivity index (χ2v) is 7.45. The molecule has 0 N–H and O–H groups in total. The summed E-state index contributed by atoms with van der Waals surface area (Å²) in [7, 11) is -2.72. The van der Waals surface area contributed by atoms with Crippen molar-refractivity contribution >= 4 is 14.0 Å². The summed E-state index contributed by atoms with van der Waals surface area (Å²) < 4.78 is 18.1. The van der Waals surface area contributed by atoms with Crippen LogP contribution in [-0.4, -0.2) is 53.2 Å². The van der Waals surface area contributed by atoms with Gasteiger partial charge in [-0.3, -0.25) is 4.90 Å². The summed E-state index contributed by atoms with van der Waals surface area (Å²) in [6, 6.07) is 8.08. The molecule has 3 heterocycles. The fourth-order valence-electron chi connectivity index (χ4n) is 2.54. The minimum absolute atomic E-state index is 0.669. The molecule has 1 aromatic carbocycles. The summed E-state index contributed by atoms with van der Waals surface area (Å²) in [5.41, 5.74) is 1.00. The van der Waals surface area contributed by atoms with Gasteiger partial charge in [-0.05, 0) is 19.1 Å². The second kappa shape index (κ2) is 6.08. The molecule has 4 rings (SSSR count). The fourth-order valence-corrected chi connectivity index (χ4v) is 4.94. The molecule has 0 spiro atoms. The van der Waals surface area contributed by atoms with Crippen LogP contribution in [0.3, 0.4) is 0 Å². The lowest BCUT2D eigenvalue weighted by molar-refractivity contribution is 0.00141. The summed E-state index contributed by atoms with van der Waals surface area (Å²) >= 11 is 0. The van der Waals surface area contributed by atoms with Gasteiger partial charge in [0.1, 0.15) is 0 Å². The van der Waals surface area contributed by atoms with E-state index in [4.69, 9.17) is 13.3 Å². The number of benzene rings is 1. The minimum Gasteiger partial charge on any atom is -0.369 e. The highest BCUT2D eigenvalue weighted by atomic mass is 28.4. The number of nitrogens with zero attached hydrogens (tertiary/aromatic N) is 1. The first-order valence-electron chi connectivity index (χ1n) is 7.00. The molecule has 0 amide bonds. The van der Waals surface area contributed by atoms with Crippen molar-refractivity contribution in [3.8, 4) is 11.8 Å². The lowest BCUT2D eigenvalue weighted by atomic mass is 10.2. The molecular formula is C15H19NO3Si. The molecule has 2 bridgehead atoms. The van der Waals surface area contributed by atoms with E-state index in [1.165, 1.54) is 0 Å². The zero-order valence-electron chi connectivity index (χ0n) is 11.7. The standard InChI is InChI=1S/C15H19NO3Si/c1-2-3-14-4-6-15(7-5-14)20-17-11-8-16(9-12-18-20)10-13-19-20/h4-7H,8-13H2,1H3. The third kappa shape index (κ3) is 2.80. The Labute approximate surface area is 121 Å². The fraction of sp³-hybridized carbons (Fsp3) is 0.467. The smallest absolute Gasteiger partial charge is 0.369 e. The van der Waals surface area contributed by atoms with E-state index in [1.54, 1.807) is 0 Å². The molecule has 3 saturated heterocycles. The molecule has 5 heteroatoms. The number of rotatable bonds is 1. The van der Waals surface area contributed by atoms with E-state index in [0.717, 1.165) is 30.4 Å². The van der Waals surface area contributed by atoms with E-state index in [-0.39, 0.29) is 0 Å². The van der Waals surface area contributed by atoms with Crippen LogP contribution >= 0.6 is 0 Å². The number of hydrogen-bond acceptors (Lipinski definition) is 4. The third-order valence-electron chi connectivity index (χ3n) is 3.61. The van der Waals surface area contributed by atoms with Crippen molar-refractivity contribution in [1.82, 2.24) is 4.90 Å². The van der Waals surface area contributed by atoms with E-state index in [1.807, 2.05) is 31.2 Å². The molecule has 0 aromatic heterocycles. The Balaban J connectivity index is 1.89. The maximum atomic E-state index is 6.04. The summed E-state index contributed by atoms with van der Waals surface area (Å²) in [5.74, 6) is 5.95. The first-order valence-corrected chi connectivity index (χ1v) is 8.72. The minimum atomic E-state index is -2.72. The van der Waals surface area contributed by atoms with E-state index in [0.29, 0.717) is 19.8 Å². The Morgan fingerprint density at radius 3 is 2.00 bits per heavy atom. The molecule has 3 aliphatic rings. The van der Waals surface area contributed by atoms with Gasteiger partial charge in [0.25, 0.3) is 0 Å². The van der Waals surface area contributed by atoms with Crippen molar-refractivity contribution in [3.63, 3.8) is 0 Å². The predicted octanol–water partition coefficient (Wildman–Crippen LogP) is 0.583. The number of hydrogen-bond donors (Lipinski definition) is 0. The molecule has 4 nitrogen and oxygen atoms in total. The van der Waals surface area contributed by atoms with Crippen LogP contribution < -0.4 is 5.19 Å². The quantitative estimate of drug-likeness (QED) is 0.559. The Morgan fingerprint density at radius 1 is 0.950 bits per heavy atom. The van der Waals surface area contributed by atoms with Gasteiger partial charge in [0.2, 0.25) is 0 Å². The highest BCUT2D eigenvalue weighted by molar-refractivity contribution is 6.75. The van der Waals surface area contributed by atoms with Gasteiger partial charge >= 0.3 is 8.80 Å². The van der Waals surface area contributed by atoms with Crippen molar-refractivity contribution in [3.05, 3.63) is 29.8 Å². The van der Waals surface area contributed by atoms with E-state index in [2.05, 4.69) is 16.7 Å². The Hall–Kier alpha value is -1.16. The normalized spacial score (nSPS) is 29.8.